The highest BCUT2D eigenvalue weighted by Crippen LogP contribution is 2.29. The van der Waals surface area contributed by atoms with Crippen LogP contribution in [0, 0.1) is 11.8 Å². The van der Waals surface area contributed by atoms with Crippen LogP contribution >= 0.6 is 0 Å². The quantitative estimate of drug-likeness (QED) is 0.756. The summed E-state index contributed by atoms with van der Waals surface area (Å²) in [6.07, 6.45) is 2.76. The Morgan fingerprint density at radius 1 is 1.17 bits per heavy atom. The van der Waals surface area contributed by atoms with Crippen LogP contribution in [0.25, 0.3) is 0 Å². The number of nitrogens with one attached hydrogen (secondary N) is 1. The first-order chi connectivity index (χ1) is 8.66. The minimum absolute atomic E-state index is 0.0390. The molecule has 2 unspecified atom stereocenters. The van der Waals surface area contributed by atoms with Crippen LogP contribution in [-0.4, -0.2) is 48.3 Å². The predicted molar refractivity (Wildman–Crippen MR) is 63.6 cm³/mol. The molecule has 2 rings (SSSR count). The highest BCUT2D eigenvalue weighted by molar-refractivity contribution is 5.79. The molecule has 1 saturated heterocycles. The summed E-state index contributed by atoms with van der Waals surface area (Å²) in [4.78, 5) is 23.0. The van der Waals surface area contributed by atoms with Gasteiger partial charge in [0, 0.05) is 19.0 Å². The molecule has 0 spiro atoms. The third kappa shape index (κ3) is 3.43. The summed E-state index contributed by atoms with van der Waals surface area (Å²) in [6, 6.07) is 0. The summed E-state index contributed by atoms with van der Waals surface area (Å²) in [7, 11) is 0. The van der Waals surface area contributed by atoms with Gasteiger partial charge in [-0.3, -0.25) is 15.0 Å². The molecule has 1 heterocycles. The lowest BCUT2D eigenvalue weighted by molar-refractivity contribution is -0.144. The average Bonchev–Trinajstić information content (AvgIpc) is 2.40. The molecule has 0 aromatic rings. The number of ether oxygens (including phenoxy) is 1. The van der Waals surface area contributed by atoms with Crippen molar-refractivity contribution in [2.24, 2.45) is 11.8 Å². The maximum atomic E-state index is 12.0. The first kappa shape index (κ1) is 13.3. The predicted octanol–water partition coefficient (Wildman–Crippen LogP) is 0.241. The minimum atomic E-state index is -0.779. The zero-order valence-electron chi connectivity index (χ0n) is 10.4. The second kappa shape index (κ2) is 6.15. The van der Waals surface area contributed by atoms with Crippen molar-refractivity contribution in [1.29, 1.82) is 0 Å². The van der Waals surface area contributed by atoms with Crippen LogP contribution in [0.4, 0.5) is 0 Å². The van der Waals surface area contributed by atoms with E-state index in [4.69, 9.17) is 9.84 Å². The van der Waals surface area contributed by atoms with Crippen LogP contribution in [0.2, 0.25) is 0 Å². The smallest absolute Gasteiger partial charge is 0.306 e. The molecule has 0 radical (unpaired) electrons. The van der Waals surface area contributed by atoms with Crippen molar-refractivity contribution in [1.82, 2.24) is 10.4 Å². The zero-order chi connectivity index (χ0) is 13.0. The Kier molecular flexibility index (Phi) is 4.54. The van der Waals surface area contributed by atoms with Gasteiger partial charge in [0.2, 0.25) is 5.91 Å². The van der Waals surface area contributed by atoms with E-state index in [9.17, 15) is 9.59 Å². The second-order valence-electron chi connectivity index (χ2n) is 4.97. The van der Waals surface area contributed by atoms with Gasteiger partial charge >= 0.3 is 5.97 Å². The van der Waals surface area contributed by atoms with Crippen molar-refractivity contribution >= 4 is 11.9 Å². The van der Waals surface area contributed by atoms with Crippen LogP contribution < -0.4 is 5.43 Å². The van der Waals surface area contributed by atoms with Gasteiger partial charge in [0.05, 0.1) is 19.1 Å². The van der Waals surface area contributed by atoms with Crippen LogP contribution in [0.3, 0.4) is 0 Å². The van der Waals surface area contributed by atoms with Crippen molar-refractivity contribution in [3.63, 3.8) is 0 Å². The highest BCUT2D eigenvalue weighted by Gasteiger charge is 2.31. The molecule has 2 aliphatic rings. The van der Waals surface area contributed by atoms with E-state index in [1.54, 1.807) is 0 Å². The number of hydrazine groups is 1. The number of carbonyl (C=O) groups excluding carboxylic acids is 1. The first-order valence-corrected chi connectivity index (χ1v) is 6.53. The summed E-state index contributed by atoms with van der Waals surface area (Å²) in [6.45, 7) is 2.65. The SMILES string of the molecule is O=C(O)C1CCCC(C(=O)NN2CCOCC2)C1. The van der Waals surface area contributed by atoms with Crippen molar-refractivity contribution in [3.05, 3.63) is 0 Å². The fourth-order valence-electron chi connectivity index (χ4n) is 2.57. The normalized spacial score (nSPS) is 29.8. The van der Waals surface area contributed by atoms with Gasteiger partial charge in [-0.2, -0.15) is 0 Å². The Bertz CT molecular complexity index is 315. The fourth-order valence-corrected chi connectivity index (χ4v) is 2.57. The zero-order valence-corrected chi connectivity index (χ0v) is 10.4. The number of carboxylic acid groups (broad SMARTS) is 1. The van der Waals surface area contributed by atoms with E-state index >= 15 is 0 Å². The molecule has 2 fully saturated rings. The van der Waals surface area contributed by atoms with E-state index in [1.807, 2.05) is 5.01 Å². The maximum Gasteiger partial charge on any atom is 0.306 e. The lowest BCUT2D eigenvalue weighted by Crippen LogP contribution is -2.50. The lowest BCUT2D eigenvalue weighted by Gasteiger charge is -2.31. The van der Waals surface area contributed by atoms with E-state index in [1.165, 1.54) is 0 Å². The molecule has 2 N–H and O–H groups in total. The monoisotopic (exact) mass is 256 g/mol. The molecule has 6 heteroatoms. The highest BCUT2D eigenvalue weighted by atomic mass is 16.5. The summed E-state index contributed by atoms with van der Waals surface area (Å²) >= 11 is 0. The number of aliphatic carboxylic acids is 1. The summed E-state index contributed by atoms with van der Waals surface area (Å²) in [5, 5.41) is 10.9. The number of morpholine rings is 1. The Morgan fingerprint density at radius 3 is 2.50 bits per heavy atom. The van der Waals surface area contributed by atoms with E-state index in [0.717, 1.165) is 12.8 Å². The summed E-state index contributed by atoms with van der Waals surface area (Å²) in [5.74, 6) is -1.34. The van der Waals surface area contributed by atoms with E-state index < -0.39 is 5.97 Å². The number of hydrogen-bond acceptors (Lipinski definition) is 4. The summed E-state index contributed by atoms with van der Waals surface area (Å²) in [5.41, 5.74) is 2.87. The maximum absolute atomic E-state index is 12.0. The van der Waals surface area contributed by atoms with Crippen molar-refractivity contribution in [2.75, 3.05) is 26.3 Å². The minimum Gasteiger partial charge on any atom is -0.481 e. The molecule has 102 valence electrons. The number of carbonyl (C=O) groups is 2. The summed E-state index contributed by atoms with van der Waals surface area (Å²) < 4.78 is 5.20. The van der Waals surface area contributed by atoms with Gasteiger partial charge in [0.1, 0.15) is 0 Å². The van der Waals surface area contributed by atoms with Crippen molar-refractivity contribution in [3.8, 4) is 0 Å². The van der Waals surface area contributed by atoms with Gasteiger partial charge < -0.3 is 9.84 Å². The largest absolute Gasteiger partial charge is 0.481 e. The molecule has 0 aromatic carbocycles. The van der Waals surface area contributed by atoms with E-state index in [-0.39, 0.29) is 17.7 Å². The van der Waals surface area contributed by atoms with E-state index in [0.29, 0.717) is 39.1 Å². The van der Waals surface area contributed by atoms with Crippen molar-refractivity contribution < 1.29 is 19.4 Å². The third-order valence-electron chi connectivity index (χ3n) is 3.67. The van der Waals surface area contributed by atoms with Gasteiger partial charge in [0.15, 0.2) is 0 Å². The van der Waals surface area contributed by atoms with E-state index in [2.05, 4.69) is 5.43 Å². The Morgan fingerprint density at radius 2 is 1.83 bits per heavy atom. The second-order valence-corrected chi connectivity index (χ2v) is 4.97. The number of hydrogen-bond donors (Lipinski definition) is 2. The number of rotatable bonds is 3. The molecule has 0 bridgehead atoms. The van der Waals surface area contributed by atoms with Gasteiger partial charge in [-0.25, -0.2) is 5.01 Å². The van der Waals surface area contributed by atoms with Crippen LogP contribution in [0.5, 0.6) is 0 Å². The molecular formula is C12H20N2O4. The van der Waals surface area contributed by atoms with Gasteiger partial charge in [0.25, 0.3) is 0 Å². The number of nitrogens with zero attached hydrogens (tertiary/aromatic N) is 1. The molecule has 0 aromatic heterocycles. The van der Waals surface area contributed by atoms with Gasteiger partial charge in [-0.05, 0) is 19.3 Å². The molecule has 1 aliphatic heterocycles. The fraction of sp³-hybridized carbons (Fsp3) is 0.833. The Balaban J connectivity index is 1.82. The first-order valence-electron chi connectivity index (χ1n) is 6.53. The lowest BCUT2D eigenvalue weighted by atomic mass is 9.81. The third-order valence-corrected chi connectivity index (χ3v) is 3.67. The average molecular weight is 256 g/mol. The Labute approximate surface area is 106 Å². The molecule has 18 heavy (non-hydrogen) atoms. The topological polar surface area (TPSA) is 78.9 Å². The van der Waals surface area contributed by atoms with Gasteiger partial charge in [-0.15, -0.1) is 0 Å². The van der Waals surface area contributed by atoms with Crippen LogP contribution in [-0.2, 0) is 14.3 Å². The molecule has 1 saturated carbocycles. The van der Waals surface area contributed by atoms with Crippen LogP contribution in [0.1, 0.15) is 25.7 Å². The van der Waals surface area contributed by atoms with Gasteiger partial charge in [-0.1, -0.05) is 6.42 Å². The molecule has 1 aliphatic carbocycles. The molecule has 1 amide bonds. The molecular weight excluding hydrogens is 236 g/mol. The Hall–Kier alpha value is -1.14. The van der Waals surface area contributed by atoms with Crippen molar-refractivity contribution in [2.45, 2.75) is 25.7 Å². The van der Waals surface area contributed by atoms with Crippen LogP contribution in [0.15, 0.2) is 0 Å². The molecule has 6 nitrogen and oxygen atoms in total. The number of amides is 1. The number of carboxylic acids is 1. The molecule has 2 atom stereocenters. The standard InChI is InChI=1S/C12H20N2O4/c15-11(13-14-4-6-18-7-5-14)9-2-1-3-10(8-9)12(16)17/h9-10H,1-8H2,(H,13,15)(H,16,17).